The highest BCUT2D eigenvalue weighted by Crippen LogP contribution is 2.38. The highest BCUT2D eigenvalue weighted by molar-refractivity contribution is 6.31. The van der Waals surface area contributed by atoms with Gasteiger partial charge in [-0.3, -0.25) is 9.59 Å². The summed E-state index contributed by atoms with van der Waals surface area (Å²) >= 11 is 5.93. The van der Waals surface area contributed by atoms with Crippen LogP contribution in [0, 0.1) is 5.92 Å². The Morgan fingerprint density at radius 1 is 1.38 bits per heavy atom. The lowest BCUT2D eigenvalue weighted by molar-refractivity contribution is -0.144. The highest BCUT2D eigenvalue weighted by Gasteiger charge is 2.41. The normalized spacial score (nSPS) is 28.2. The van der Waals surface area contributed by atoms with E-state index in [0.717, 1.165) is 0 Å². The zero-order valence-corrected chi connectivity index (χ0v) is 12.2. The molecule has 5 nitrogen and oxygen atoms in total. The summed E-state index contributed by atoms with van der Waals surface area (Å²) in [6, 6.07) is 4.98. The van der Waals surface area contributed by atoms with Crippen LogP contribution in [-0.2, 0) is 4.79 Å². The van der Waals surface area contributed by atoms with E-state index in [1.807, 2.05) is 0 Å². The highest BCUT2D eigenvalue weighted by atomic mass is 35.5. The number of carbonyl (C=O) groups is 2. The molecule has 1 spiro atoms. The number of aliphatic carboxylic acids is 1. The Hall–Kier alpha value is -1.75. The van der Waals surface area contributed by atoms with Crippen LogP contribution in [0.15, 0.2) is 18.2 Å². The first-order valence-corrected chi connectivity index (χ1v) is 7.36. The van der Waals surface area contributed by atoms with Gasteiger partial charge in [0.1, 0.15) is 11.4 Å². The van der Waals surface area contributed by atoms with Gasteiger partial charge in [0.05, 0.1) is 18.0 Å². The van der Waals surface area contributed by atoms with E-state index < -0.39 is 11.6 Å². The predicted molar refractivity (Wildman–Crippen MR) is 76.7 cm³/mol. The van der Waals surface area contributed by atoms with Crippen LogP contribution in [0.5, 0.6) is 5.75 Å². The first-order valence-electron chi connectivity index (χ1n) is 6.99. The van der Waals surface area contributed by atoms with Crippen LogP contribution in [0.25, 0.3) is 0 Å². The first-order chi connectivity index (χ1) is 9.99. The van der Waals surface area contributed by atoms with Crippen LogP contribution >= 0.6 is 11.6 Å². The van der Waals surface area contributed by atoms with E-state index in [9.17, 15) is 9.59 Å². The summed E-state index contributed by atoms with van der Waals surface area (Å²) < 4.78 is 6.10. The van der Waals surface area contributed by atoms with Crippen LogP contribution in [0.2, 0.25) is 5.02 Å². The summed E-state index contributed by atoms with van der Waals surface area (Å²) in [5, 5.41) is 12.4. The molecule has 2 aliphatic rings. The number of carboxylic acids is 1. The van der Waals surface area contributed by atoms with Gasteiger partial charge in [-0.15, -0.1) is 0 Å². The summed E-state index contributed by atoms with van der Waals surface area (Å²) in [6.07, 6.45) is 2.36. The van der Waals surface area contributed by atoms with Crippen molar-refractivity contribution < 1.29 is 19.4 Å². The third-order valence-electron chi connectivity index (χ3n) is 4.33. The molecular formula is C15H16ClNO4. The molecule has 1 fully saturated rings. The van der Waals surface area contributed by atoms with Crippen molar-refractivity contribution in [1.82, 2.24) is 5.32 Å². The third kappa shape index (κ3) is 2.70. The third-order valence-corrected chi connectivity index (χ3v) is 4.56. The van der Waals surface area contributed by atoms with Crippen molar-refractivity contribution in [2.45, 2.75) is 31.3 Å². The Bertz CT molecular complexity index is 593. The number of rotatable bonds is 1. The monoisotopic (exact) mass is 309 g/mol. The molecular weight excluding hydrogens is 294 g/mol. The van der Waals surface area contributed by atoms with Gasteiger partial charge in [-0.2, -0.15) is 0 Å². The van der Waals surface area contributed by atoms with Crippen molar-refractivity contribution in [2.75, 3.05) is 6.54 Å². The van der Waals surface area contributed by atoms with Gasteiger partial charge in [0.25, 0.3) is 5.91 Å². The van der Waals surface area contributed by atoms with E-state index in [4.69, 9.17) is 21.4 Å². The number of carboxylic acid groups (broad SMARTS) is 1. The van der Waals surface area contributed by atoms with Gasteiger partial charge in [-0.05, 0) is 43.9 Å². The van der Waals surface area contributed by atoms with Crippen LogP contribution in [0.3, 0.4) is 0 Å². The average molecular weight is 310 g/mol. The van der Waals surface area contributed by atoms with E-state index >= 15 is 0 Å². The van der Waals surface area contributed by atoms with Crippen molar-refractivity contribution in [3.63, 3.8) is 0 Å². The van der Waals surface area contributed by atoms with Gasteiger partial charge in [0.15, 0.2) is 0 Å². The summed E-state index contributed by atoms with van der Waals surface area (Å²) in [7, 11) is 0. The molecule has 1 saturated carbocycles. The number of benzene rings is 1. The number of carbonyl (C=O) groups excluding carboxylic acids is 1. The molecule has 0 aromatic heterocycles. The van der Waals surface area contributed by atoms with Crippen molar-refractivity contribution in [1.29, 1.82) is 0 Å². The minimum absolute atomic E-state index is 0.204. The number of halogens is 1. The second-order valence-corrected chi connectivity index (χ2v) is 6.16. The summed E-state index contributed by atoms with van der Waals surface area (Å²) in [5.41, 5.74) is -0.0829. The molecule has 0 radical (unpaired) electrons. The maximum absolute atomic E-state index is 12.1. The number of ether oxygens (including phenoxy) is 1. The van der Waals surface area contributed by atoms with E-state index in [1.54, 1.807) is 18.2 Å². The summed E-state index contributed by atoms with van der Waals surface area (Å²) in [5.74, 6) is -0.759. The summed E-state index contributed by atoms with van der Waals surface area (Å²) in [4.78, 5) is 23.2. The van der Waals surface area contributed by atoms with Gasteiger partial charge in [0.2, 0.25) is 0 Å². The Morgan fingerprint density at radius 3 is 2.76 bits per heavy atom. The Labute approximate surface area is 127 Å². The molecule has 1 aromatic rings. The molecule has 1 aliphatic heterocycles. The maximum atomic E-state index is 12.1. The number of hydrogen-bond acceptors (Lipinski definition) is 3. The number of amides is 1. The predicted octanol–water partition coefficient (Wildman–Crippen LogP) is 2.48. The molecule has 2 N–H and O–H groups in total. The van der Waals surface area contributed by atoms with Gasteiger partial charge >= 0.3 is 5.97 Å². The molecule has 1 aliphatic carbocycles. The molecule has 21 heavy (non-hydrogen) atoms. The Kier molecular flexibility index (Phi) is 3.53. The number of nitrogens with one attached hydrogen (secondary N) is 1. The quantitative estimate of drug-likeness (QED) is 0.835. The van der Waals surface area contributed by atoms with Crippen LogP contribution in [0.4, 0.5) is 0 Å². The lowest BCUT2D eigenvalue weighted by Crippen LogP contribution is -2.48. The minimum Gasteiger partial charge on any atom is -0.485 e. The fourth-order valence-corrected chi connectivity index (χ4v) is 3.22. The molecule has 3 rings (SSSR count). The Balaban J connectivity index is 1.85. The molecule has 6 heteroatoms. The fraction of sp³-hybridized carbons (Fsp3) is 0.467. The second kappa shape index (κ2) is 5.22. The molecule has 0 saturated heterocycles. The average Bonchev–Trinajstić information content (AvgIpc) is 2.59. The van der Waals surface area contributed by atoms with Crippen LogP contribution in [0.1, 0.15) is 36.0 Å². The van der Waals surface area contributed by atoms with Gasteiger partial charge in [-0.1, -0.05) is 11.6 Å². The Morgan fingerprint density at radius 2 is 2.10 bits per heavy atom. The van der Waals surface area contributed by atoms with E-state index in [2.05, 4.69) is 5.32 Å². The van der Waals surface area contributed by atoms with Crippen molar-refractivity contribution in [3.8, 4) is 5.75 Å². The SMILES string of the molecule is O=C1NCC2(CCC(C(=O)O)CC2)Oc2ccc(Cl)cc21. The lowest BCUT2D eigenvalue weighted by atomic mass is 9.78. The zero-order valence-electron chi connectivity index (χ0n) is 11.4. The molecule has 0 unspecified atom stereocenters. The first kappa shape index (κ1) is 14.2. The smallest absolute Gasteiger partial charge is 0.306 e. The van der Waals surface area contributed by atoms with Crippen molar-refractivity contribution in [3.05, 3.63) is 28.8 Å². The molecule has 112 valence electrons. The van der Waals surface area contributed by atoms with Crippen molar-refractivity contribution in [2.24, 2.45) is 5.92 Å². The molecule has 1 aromatic carbocycles. The number of hydrogen-bond donors (Lipinski definition) is 2. The standard InChI is InChI=1S/C15H16ClNO4/c16-10-1-2-12-11(7-10)13(18)17-8-15(21-12)5-3-9(4-6-15)14(19)20/h1-2,7,9H,3-6,8H2,(H,17,18)(H,19,20). The fourth-order valence-electron chi connectivity index (χ4n) is 3.04. The van der Waals surface area contributed by atoms with Gasteiger partial charge < -0.3 is 15.2 Å². The lowest BCUT2D eigenvalue weighted by Gasteiger charge is -2.38. The van der Waals surface area contributed by atoms with Crippen molar-refractivity contribution >= 4 is 23.5 Å². The topological polar surface area (TPSA) is 75.6 Å². The minimum atomic E-state index is -0.755. The zero-order chi connectivity index (χ0) is 15.0. The van der Waals surface area contributed by atoms with Crippen LogP contribution in [-0.4, -0.2) is 29.1 Å². The van der Waals surface area contributed by atoms with Crippen LogP contribution < -0.4 is 10.1 Å². The molecule has 0 bridgehead atoms. The maximum Gasteiger partial charge on any atom is 0.306 e. The molecule has 0 atom stereocenters. The largest absolute Gasteiger partial charge is 0.485 e. The van der Waals surface area contributed by atoms with E-state index in [0.29, 0.717) is 48.6 Å². The molecule has 1 amide bonds. The van der Waals surface area contributed by atoms with Gasteiger partial charge in [0, 0.05) is 5.02 Å². The second-order valence-electron chi connectivity index (χ2n) is 5.72. The van der Waals surface area contributed by atoms with Gasteiger partial charge in [-0.25, -0.2) is 0 Å². The van der Waals surface area contributed by atoms with E-state index in [-0.39, 0.29) is 11.8 Å². The number of fused-ring (bicyclic) bond motifs is 1. The van der Waals surface area contributed by atoms with E-state index in [1.165, 1.54) is 0 Å². The summed E-state index contributed by atoms with van der Waals surface area (Å²) in [6.45, 7) is 0.393. The molecule has 1 heterocycles.